The van der Waals surface area contributed by atoms with Crippen LogP contribution in [-0.2, 0) is 7.05 Å². The van der Waals surface area contributed by atoms with Crippen molar-refractivity contribution in [3.8, 4) is 11.4 Å². The molecule has 0 bridgehead atoms. The number of aromatic amines is 1. The second-order valence-corrected chi connectivity index (χ2v) is 2.76. The van der Waals surface area contributed by atoms with E-state index in [-0.39, 0.29) is 0 Å². The first-order chi connectivity index (χ1) is 5.77. The maximum Gasteiger partial charge on any atom is 0.110 e. The number of aromatic nitrogens is 4. The number of aryl methyl sites for hydroxylation is 2. The highest BCUT2D eigenvalue weighted by molar-refractivity contribution is 5.53. The van der Waals surface area contributed by atoms with Crippen molar-refractivity contribution >= 4 is 0 Å². The van der Waals surface area contributed by atoms with Crippen LogP contribution in [0.4, 0.5) is 0 Å². The number of hydrogen-bond donors (Lipinski definition) is 1. The molecule has 2 aromatic heterocycles. The van der Waals surface area contributed by atoms with E-state index in [0.717, 1.165) is 17.1 Å². The molecule has 0 unspecified atom stereocenters. The van der Waals surface area contributed by atoms with Crippen molar-refractivity contribution in [2.75, 3.05) is 0 Å². The summed E-state index contributed by atoms with van der Waals surface area (Å²) in [5, 5.41) is 11.0. The van der Waals surface area contributed by atoms with E-state index < -0.39 is 0 Å². The first-order valence-corrected chi connectivity index (χ1v) is 3.78. The van der Waals surface area contributed by atoms with Crippen molar-refractivity contribution < 1.29 is 0 Å². The van der Waals surface area contributed by atoms with Gasteiger partial charge in [0.1, 0.15) is 5.69 Å². The van der Waals surface area contributed by atoms with Crippen LogP contribution in [-0.4, -0.2) is 20.0 Å². The van der Waals surface area contributed by atoms with Crippen molar-refractivity contribution in [3.63, 3.8) is 0 Å². The van der Waals surface area contributed by atoms with Gasteiger partial charge >= 0.3 is 0 Å². The van der Waals surface area contributed by atoms with E-state index in [1.54, 1.807) is 6.20 Å². The fourth-order valence-corrected chi connectivity index (χ4v) is 1.09. The summed E-state index contributed by atoms with van der Waals surface area (Å²) in [5.41, 5.74) is 3.03. The van der Waals surface area contributed by atoms with Gasteiger partial charge in [0.2, 0.25) is 0 Å². The molecular weight excluding hydrogens is 152 g/mol. The van der Waals surface area contributed by atoms with Gasteiger partial charge in [-0.05, 0) is 19.1 Å². The third-order valence-corrected chi connectivity index (χ3v) is 1.89. The average molecular weight is 162 g/mol. The lowest BCUT2D eigenvalue weighted by Crippen LogP contribution is -1.92. The SMILES string of the molecule is Cc1cc(-c2ccn[nH]2)nn1C. The van der Waals surface area contributed by atoms with Crippen LogP contribution in [0.2, 0.25) is 0 Å². The lowest BCUT2D eigenvalue weighted by molar-refractivity contribution is 0.742. The third-order valence-electron chi connectivity index (χ3n) is 1.89. The summed E-state index contributed by atoms with van der Waals surface area (Å²) in [4.78, 5) is 0. The molecule has 0 spiro atoms. The molecule has 0 saturated carbocycles. The van der Waals surface area contributed by atoms with Gasteiger partial charge in [0.05, 0.1) is 5.69 Å². The van der Waals surface area contributed by atoms with Crippen molar-refractivity contribution in [1.29, 1.82) is 0 Å². The molecule has 12 heavy (non-hydrogen) atoms. The minimum absolute atomic E-state index is 0.938. The monoisotopic (exact) mass is 162 g/mol. The van der Waals surface area contributed by atoms with Gasteiger partial charge in [-0.2, -0.15) is 10.2 Å². The summed E-state index contributed by atoms with van der Waals surface area (Å²) >= 11 is 0. The molecule has 0 aliphatic heterocycles. The van der Waals surface area contributed by atoms with Crippen LogP contribution < -0.4 is 0 Å². The molecule has 0 aliphatic rings. The number of H-pyrrole nitrogens is 1. The third kappa shape index (κ3) is 1.01. The van der Waals surface area contributed by atoms with Crippen LogP contribution in [0.3, 0.4) is 0 Å². The van der Waals surface area contributed by atoms with Crippen LogP contribution in [0.15, 0.2) is 18.3 Å². The summed E-state index contributed by atoms with van der Waals surface area (Å²) in [5.74, 6) is 0. The van der Waals surface area contributed by atoms with Crippen LogP contribution >= 0.6 is 0 Å². The molecule has 2 aromatic rings. The second-order valence-electron chi connectivity index (χ2n) is 2.76. The molecule has 2 rings (SSSR count). The van der Waals surface area contributed by atoms with Crippen LogP contribution in [0.1, 0.15) is 5.69 Å². The molecule has 0 saturated heterocycles. The summed E-state index contributed by atoms with van der Waals surface area (Å²) in [6, 6.07) is 3.93. The molecule has 4 heteroatoms. The number of nitrogens with zero attached hydrogens (tertiary/aromatic N) is 3. The fraction of sp³-hybridized carbons (Fsp3) is 0.250. The van der Waals surface area contributed by atoms with Gasteiger partial charge in [0.15, 0.2) is 0 Å². The Morgan fingerprint density at radius 1 is 1.50 bits per heavy atom. The standard InChI is InChI=1S/C8H10N4/c1-6-5-8(11-12(6)2)7-3-4-9-10-7/h3-5H,1-2H3,(H,9,10). The molecule has 0 fully saturated rings. The van der Waals surface area contributed by atoms with Crippen LogP contribution in [0.25, 0.3) is 11.4 Å². The van der Waals surface area contributed by atoms with E-state index in [4.69, 9.17) is 0 Å². The highest BCUT2D eigenvalue weighted by Crippen LogP contribution is 2.14. The minimum atomic E-state index is 0.938. The molecule has 0 amide bonds. The molecule has 1 N–H and O–H groups in total. The Bertz CT molecular complexity index is 352. The summed E-state index contributed by atoms with van der Waals surface area (Å²) in [6.45, 7) is 2.02. The van der Waals surface area contributed by atoms with Gasteiger partial charge in [-0.15, -0.1) is 0 Å². The zero-order chi connectivity index (χ0) is 8.55. The quantitative estimate of drug-likeness (QED) is 0.683. The molecule has 0 aliphatic carbocycles. The summed E-state index contributed by atoms with van der Waals surface area (Å²) in [7, 11) is 1.93. The normalized spacial score (nSPS) is 10.5. The molecule has 0 atom stereocenters. The summed E-state index contributed by atoms with van der Waals surface area (Å²) in [6.07, 6.45) is 1.72. The van der Waals surface area contributed by atoms with Gasteiger partial charge < -0.3 is 0 Å². The molecule has 0 radical (unpaired) electrons. The Morgan fingerprint density at radius 3 is 2.83 bits per heavy atom. The van der Waals surface area contributed by atoms with Gasteiger partial charge in [-0.3, -0.25) is 9.78 Å². The smallest absolute Gasteiger partial charge is 0.110 e. The molecule has 62 valence electrons. The van der Waals surface area contributed by atoms with Crippen molar-refractivity contribution in [2.45, 2.75) is 6.92 Å². The van der Waals surface area contributed by atoms with E-state index in [2.05, 4.69) is 15.3 Å². The highest BCUT2D eigenvalue weighted by Gasteiger charge is 2.03. The van der Waals surface area contributed by atoms with Crippen molar-refractivity contribution in [3.05, 3.63) is 24.0 Å². The van der Waals surface area contributed by atoms with E-state index in [1.165, 1.54) is 0 Å². The number of rotatable bonds is 1. The molecular formula is C8H10N4. The first kappa shape index (κ1) is 7.09. The first-order valence-electron chi connectivity index (χ1n) is 3.78. The Balaban J connectivity index is 2.48. The zero-order valence-electron chi connectivity index (χ0n) is 7.07. The lowest BCUT2D eigenvalue weighted by atomic mass is 10.3. The Kier molecular flexibility index (Phi) is 1.46. The zero-order valence-corrected chi connectivity index (χ0v) is 7.07. The predicted molar refractivity (Wildman–Crippen MR) is 45.5 cm³/mol. The van der Waals surface area contributed by atoms with Gasteiger partial charge in [0.25, 0.3) is 0 Å². The Morgan fingerprint density at radius 2 is 2.33 bits per heavy atom. The van der Waals surface area contributed by atoms with E-state index in [0.29, 0.717) is 0 Å². The number of hydrogen-bond acceptors (Lipinski definition) is 2. The Labute approximate surface area is 70.2 Å². The van der Waals surface area contributed by atoms with E-state index in [1.807, 2.05) is 30.8 Å². The maximum absolute atomic E-state index is 4.30. The van der Waals surface area contributed by atoms with Crippen LogP contribution in [0.5, 0.6) is 0 Å². The van der Waals surface area contributed by atoms with Gasteiger partial charge in [-0.1, -0.05) is 0 Å². The van der Waals surface area contributed by atoms with Crippen LogP contribution in [0, 0.1) is 6.92 Å². The fourth-order valence-electron chi connectivity index (χ4n) is 1.09. The van der Waals surface area contributed by atoms with Gasteiger partial charge in [0, 0.05) is 18.9 Å². The minimum Gasteiger partial charge on any atom is -0.276 e. The Hall–Kier alpha value is -1.58. The molecule has 2 heterocycles. The van der Waals surface area contributed by atoms with Gasteiger partial charge in [-0.25, -0.2) is 0 Å². The van der Waals surface area contributed by atoms with Crippen molar-refractivity contribution in [1.82, 2.24) is 20.0 Å². The topological polar surface area (TPSA) is 46.5 Å². The summed E-state index contributed by atoms with van der Waals surface area (Å²) < 4.78 is 1.84. The van der Waals surface area contributed by atoms with Crippen molar-refractivity contribution in [2.24, 2.45) is 7.05 Å². The van der Waals surface area contributed by atoms with E-state index >= 15 is 0 Å². The highest BCUT2D eigenvalue weighted by atomic mass is 15.3. The molecule has 0 aromatic carbocycles. The van der Waals surface area contributed by atoms with E-state index in [9.17, 15) is 0 Å². The largest absolute Gasteiger partial charge is 0.276 e. The molecule has 4 nitrogen and oxygen atoms in total. The number of nitrogens with one attached hydrogen (secondary N) is 1. The average Bonchev–Trinajstić information content (AvgIpc) is 2.61. The lowest BCUT2D eigenvalue weighted by Gasteiger charge is -1.89. The second kappa shape index (κ2) is 2.48. The predicted octanol–water partition coefficient (Wildman–Crippen LogP) is 1.12. The maximum atomic E-state index is 4.30.